The molecule has 0 fully saturated rings. The summed E-state index contributed by atoms with van der Waals surface area (Å²) in [5.74, 6) is 2.43. The fourth-order valence-electron chi connectivity index (χ4n) is 3.57. The first-order valence-corrected chi connectivity index (χ1v) is 9.88. The van der Waals surface area contributed by atoms with E-state index in [1.165, 1.54) is 11.1 Å². The Labute approximate surface area is 166 Å². The van der Waals surface area contributed by atoms with Gasteiger partial charge < -0.3 is 9.30 Å². The number of hydrogen-bond acceptors (Lipinski definition) is 2. The predicted octanol–water partition coefficient (Wildman–Crippen LogP) is 6.27. The van der Waals surface area contributed by atoms with Gasteiger partial charge in [-0.2, -0.15) is 0 Å². The molecule has 142 valence electrons. The Morgan fingerprint density at radius 1 is 0.929 bits per heavy atom. The van der Waals surface area contributed by atoms with Crippen molar-refractivity contribution in [2.75, 3.05) is 7.11 Å². The fraction of sp³-hybridized carbons (Fsp3) is 0.240. The third-order valence-corrected chi connectivity index (χ3v) is 5.50. The largest absolute Gasteiger partial charge is 0.497 e. The van der Waals surface area contributed by atoms with E-state index in [4.69, 9.17) is 9.72 Å². The van der Waals surface area contributed by atoms with E-state index in [2.05, 4.69) is 73.0 Å². The van der Waals surface area contributed by atoms with E-state index in [1.54, 1.807) is 7.11 Å². The van der Waals surface area contributed by atoms with Gasteiger partial charge in [0.2, 0.25) is 0 Å². The van der Waals surface area contributed by atoms with Crippen LogP contribution in [0.4, 0.5) is 0 Å². The first-order valence-electron chi connectivity index (χ1n) is 9.88. The number of hydrogen-bond donors (Lipinski definition) is 0. The summed E-state index contributed by atoms with van der Waals surface area (Å²) in [6.45, 7) is 5.31. The number of ether oxygens (including phenoxy) is 1. The molecule has 3 heteroatoms. The fourth-order valence-corrected chi connectivity index (χ4v) is 3.57. The maximum atomic E-state index is 5.30. The van der Waals surface area contributed by atoms with E-state index in [9.17, 15) is 0 Å². The second kappa shape index (κ2) is 7.89. The maximum Gasteiger partial charge on any atom is 0.141 e. The monoisotopic (exact) mass is 370 g/mol. The molecular formula is C25H26N2O. The van der Waals surface area contributed by atoms with Gasteiger partial charge in [-0.15, -0.1) is 0 Å². The van der Waals surface area contributed by atoms with Crippen molar-refractivity contribution in [3.05, 3.63) is 83.9 Å². The third kappa shape index (κ3) is 3.53. The Balaban J connectivity index is 1.74. The van der Waals surface area contributed by atoms with Crippen LogP contribution in [0.5, 0.6) is 5.75 Å². The summed E-state index contributed by atoms with van der Waals surface area (Å²) >= 11 is 0. The van der Waals surface area contributed by atoms with Crippen LogP contribution in [0.1, 0.15) is 37.3 Å². The average molecular weight is 370 g/mol. The van der Waals surface area contributed by atoms with Crippen molar-refractivity contribution in [2.45, 2.75) is 32.7 Å². The lowest BCUT2D eigenvalue weighted by Crippen LogP contribution is -2.03. The molecule has 1 heterocycles. The Bertz CT molecular complexity index is 1060. The van der Waals surface area contributed by atoms with E-state index in [0.717, 1.165) is 41.1 Å². The molecule has 1 unspecified atom stereocenters. The summed E-state index contributed by atoms with van der Waals surface area (Å²) in [6.07, 6.45) is 1.16. The zero-order valence-corrected chi connectivity index (χ0v) is 16.7. The van der Waals surface area contributed by atoms with Crippen molar-refractivity contribution in [1.29, 1.82) is 0 Å². The molecule has 0 aliphatic rings. The van der Waals surface area contributed by atoms with Crippen LogP contribution in [0.15, 0.2) is 72.8 Å². The number of benzene rings is 3. The lowest BCUT2D eigenvalue weighted by atomic mass is 9.97. The summed E-state index contributed by atoms with van der Waals surface area (Å²) in [5.41, 5.74) is 5.94. The number of aromatic nitrogens is 2. The molecular weight excluding hydrogens is 344 g/mol. The van der Waals surface area contributed by atoms with Gasteiger partial charge in [0.05, 0.1) is 18.1 Å². The van der Waals surface area contributed by atoms with E-state index in [1.807, 2.05) is 18.2 Å². The molecule has 0 saturated carbocycles. The highest BCUT2D eigenvalue weighted by Crippen LogP contribution is 2.28. The molecule has 0 aliphatic carbocycles. The van der Waals surface area contributed by atoms with Crippen molar-refractivity contribution in [2.24, 2.45) is 0 Å². The number of fused-ring (bicyclic) bond motifs is 1. The second-order valence-corrected chi connectivity index (χ2v) is 7.29. The summed E-state index contributed by atoms with van der Waals surface area (Å²) < 4.78 is 7.60. The highest BCUT2D eigenvalue weighted by atomic mass is 16.5. The molecule has 0 N–H and O–H groups in total. The Hall–Kier alpha value is -3.07. The van der Waals surface area contributed by atoms with Gasteiger partial charge in [-0.05, 0) is 59.9 Å². The topological polar surface area (TPSA) is 27.1 Å². The molecule has 28 heavy (non-hydrogen) atoms. The highest BCUT2D eigenvalue weighted by Gasteiger charge is 2.13. The van der Waals surface area contributed by atoms with Gasteiger partial charge in [0.15, 0.2) is 0 Å². The van der Waals surface area contributed by atoms with Crippen LogP contribution >= 0.6 is 0 Å². The Morgan fingerprint density at radius 3 is 2.32 bits per heavy atom. The van der Waals surface area contributed by atoms with Crippen LogP contribution in [0.3, 0.4) is 0 Å². The van der Waals surface area contributed by atoms with Gasteiger partial charge in [-0.25, -0.2) is 4.98 Å². The van der Waals surface area contributed by atoms with Crippen molar-refractivity contribution >= 4 is 11.0 Å². The molecule has 4 aromatic rings. The molecule has 4 rings (SSSR count). The third-order valence-electron chi connectivity index (χ3n) is 5.50. The van der Waals surface area contributed by atoms with Crippen LogP contribution in [0.25, 0.3) is 22.4 Å². The predicted molar refractivity (Wildman–Crippen MR) is 116 cm³/mol. The molecule has 0 amide bonds. The zero-order valence-electron chi connectivity index (χ0n) is 16.7. The van der Waals surface area contributed by atoms with Crippen molar-refractivity contribution in [1.82, 2.24) is 9.55 Å². The minimum absolute atomic E-state index is 0.595. The Morgan fingerprint density at radius 2 is 1.64 bits per heavy atom. The van der Waals surface area contributed by atoms with E-state index in [0.29, 0.717) is 5.92 Å². The van der Waals surface area contributed by atoms with Crippen molar-refractivity contribution in [3.63, 3.8) is 0 Å². The molecule has 1 atom stereocenters. The van der Waals surface area contributed by atoms with Crippen LogP contribution in [0.2, 0.25) is 0 Å². The van der Waals surface area contributed by atoms with Gasteiger partial charge in [0.25, 0.3) is 0 Å². The maximum absolute atomic E-state index is 5.30. The van der Waals surface area contributed by atoms with E-state index < -0.39 is 0 Å². The standard InChI is InChI=1S/C25H26N2O/c1-4-18(2)20-11-9-19(10-12-20)17-27-24-8-6-5-7-23(24)26-25(27)21-13-15-22(28-3)16-14-21/h5-16,18H,4,17H2,1-3H3. The second-order valence-electron chi connectivity index (χ2n) is 7.29. The molecule has 3 aromatic carbocycles. The summed E-state index contributed by atoms with van der Waals surface area (Å²) in [7, 11) is 1.69. The average Bonchev–Trinajstić information content (AvgIpc) is 3.12. The first kappa shape index (κ1) is 18.3. The number of methoxy groups -OCH3 is 1. The van der Waals surface area contributed by atoms with Crippen LogP contribution in [0, 0.1) is 0 Å². The van der Waals surface area contributed by atoms with E-state index in [-0.39, 0.29) is 0 Å². The lowest BCUT2D eigenvalue weighted by molar-refractivity contribution is 0.415. The molecule has 3 nitrogen and oxygen atoms in total. The zero-order chi connectivity index (χ0) is 19.5. The minimum atomic E-state index is 0.595. The van der Waals surface area contributed by atoms with Crippen molar-refractivity contribution in [3.8, 4) is 17.1 Å². The Kier molecular flexibility index (Phi) is 5.16. The summed E-state index contributed by atoms with van der Waals surface area (Å²) in [5, 5.41) is 0. The van der Waals surface area contributed by atoms with Gasteiger partial charge in [0, 0.05) is 12.1 Å². The van der Waals surface area contributed by atoms with Crippen molar-refractivity contribution < 1.29 is 4.74 Å². The number of para-hydroxylation sites is 2. The number of rotatable bonds is 6. The normalized spacial score (nSPS) is 12.2. The van der Waals surface area contributed by atoms with Gasteiger partial charge in [-0.1, -0.05) is 50.2 Å². The molecule has 0 bridgehead atoms. The quantitative estimate of drug-likeness (QED) is 0.400. The van der Waals surface area contributed by atoms with Gasteiger partial charge >= 0.3 is 0 Å². The van der Waals surface area contributed by atoms with Crippen LogP contribution in [-0.4, -0.2) is 16.7 Å². The lowest BCUT2D eigenvalue weighted by Gasteiger charge is -2.12. The van der Waals surface area contributed by atoms with Gasteiger partial charge in [0.1, 0.15) is 11.6 Å². The van der Waals surface area contributed by atoms with E-state index >= 15 is 0 Å². The molecule has 1 aromatic heterocycles. The number of imidazole rings is 1. The first-order chi connectivity index (χ1) is 13.7. The molecule has 0 saturated heterocycles. The SMILES string of the molecule is CCC(C)c1ccc(Cn2c(-c3ccc(OC)cc3)nc3ccccc32)cc1. The number of nitrogens with zero attached hydrogens (tertiary/aromatic N) is 2. The molecule has 0 radical (unpaired) electrons. The molecule has 0 spiro atoms. The molecule has 0 aliphatic heterocycles. The highest BCUT2D eigenvalue weighted by molar-refractivity contribution is 5.80. The smallest absolute Gasteiger partial charge is 0.141 e. The summed E-state index contributed by atoms with van der Waals surface area (Å²) in [4.78, 5) is 4.92. The van der Waals surface area contributed by atoms with Gasteiger partial charge in [-0.3, -0.25) is 0 Å². The van der Waals surface area contributed by atoms with Crippen LogP contribution < -0.4 is 4.74 Å². The minimum Gasteiger partial charge on any atom is -0.497 e. The summed E-state index contributed by atoms with van der Waals surface area (Å²) in [6, 6.07) is 25.5. The van der Waals surface area contributed by atoms with Crippen LogP contribution in [-0.2, 0) is 6.54 Å².